The van der Waals surface area contributed by atoms with Crippen LogP contribution in [0.4, 0.5) is 17.1 Å². The summed E-state index contributed by atoms with van der Waals surface area (Å²) in [7, 11) is 0. The maximum atomic E-state index is 2.44. The lowest BCUT2D eigenvalue weighted by Crippen LogP contribution is -2.10. The molecule has 0 unspecified atom stereocenters. The van der Waals surface area contributed by atoms with Gasteiger partial charge in [-0.3, -0.25) is 0 Å². The third kappa shape index (κ3) is 5.34. The van der Waals surface area contributed by atoms with Crippen LogP contribution in [0.2, 0.25) is 0 Å². The number of hydrogen-bond acceptors (Lipinski definition) is 1. The quantitative estimate of drug-likeness (QED) is 0.167. The van der Waals surface area contributed by atoms with Gasteiger partial charge in [0, 0.05) is 33.5 Å². The molecule has 0 atom stereocenters. The Morgan fingerprint density at radius 1 is 0.304 bits per heavy atom. The maximum absolute atomic E-state index is 2.44. The minimum absolute atomic E-state index is 1.10. The van der Waals surface area contributed by atoms with E-state index in [1.54, 1.807) is 0 Å². The third-order valence-electron chi connectivity index (χ3n) is 11.3. The lowest BCUT2D eigenvalue weighted by molar-refractivity contribution is 1.17. The van der Waals surface area contributed by atoms with Gasteiger partial charge in [-0.1, -0.05) is 152 Å². The first-order valence-electron chi connectivity index (χ1n) is 19.3. The van der Waals surface area contributed by atoms with Gasteiger partial charge in [-0.15, -0.1) is 0 Å². The summed E-state index contributed by atoms with van der Waals surface area (Å²) in [5, 5.41) is 10.0. The Bertz CT molecular complexity index is 3230. The second kappa shape index (κ2) is 13.2. The number of hydrogen-bond donors (Lipinski definition) is 0. The molecule has 2 heteroatoms. The lowest BCUT2D eigenvalue weighted by atomic mass is 9.95. The Labute approximate surface area is 325 Å². The van der Waals surface area contributed by atoms with E-state index >= 15 is 0 Å². The summed E-state index contributed by atoms with van der Waals surface area (Å²) >= 11 is 0. The van der Waals surface area contributed by atoms with Gasteiger partial charge >= 0.3 is 0 Å². The summed E-state index contributed by atoms with van der Waals surface area (Å²) < 4.78 is 2.44. The van der Waals surface area contributed by atoms with Crippen LogP contribution in [-0.4, -0.2) is 4.57 Å². The van der Waals surface area contributed by atoms with Gasteiger partial charge in [0.05, 0.1) is 11.0 Å². The van der Waals surface area contributed by atoms with Crippen molar-refractivity contribution in [2.75, 3.05) is 4.90 Å². The first-order valence-corrected chi connectivity index (χ1v) is 19.3. The lowest BCUT2D eigenvalue weighted by Gasteiger charge is -2.26. The van der Waals surface area contributed by atoms with E-state index in [1.165, 1.54) is 76.4 Å². The van der Waals surface area contributed by atoms with Gasteiger partial charge < -0.3 is 9.47 Å². The maximum Gasteiger partial charge on any atom is 0.0547 e. The fourth-order valence-electron chi connectivity index (χ4n) is 8.65. The van der Waals surface area contributed by atoms with Crippen molar-refractivity contribution in [3.05, 3.63) is 218 Å². The predicted molar refractivity (Wildman–Crippen MR) is 239 cm³/mol. The van der Waals surface area contributed by atoms with E-state index < -0.39 is 0 Å². The molecule has 0 N–H and O–H groups in total. The molecule has 11 rings (SSSR count). The van der Waals surface area contributed by atoms with Crippen molar-refractivity contribution in [1.29, 1.82) is 0 Å². The second-order valence-electron chi connectivity index (χ2n) is 14.6. The minimum atomic E-state index is 1.10. The van der Waals surface area contributed by atoms with Gasteiger partial charge in [-0.25, -0.2) is 0 Å². The summed E-state index contributed by atoms with van der Waals surface area (Å²) in [6, 6.07) is 79.5. The fourth-order valence-corrected chi connectivity index (χ4v) is 8.65. The van der Waals surface area contributed by atoms with Crippen LogP contribution in [0.15, 0.2) is 218 Å². The van der Waals surface area contributed by atoms with Gasteiger partial charge in [-0.05, 0) is 121 Å². The topological polar surface area (TPSA) is 8.17 Å². The van der Waals surface area contributed by atoms with Crippen molar-refractivity contribution in [2.45, 2.75) is 0 Å². The van der Waals surface area contributed by atoms with Crippen LogP contribution in [-0.2, 0) is 0 Å². The molecule has 11 aromatic rings. The van der Waals surface area contributed by atoms with Gasteiger partial charge in [-0.2, -0.15) is 0 Å². The Balaban J connectivity index is 1.09. The molecule has 10 aromatic carbocycles. The van der Waals surface area contributed by atoms with Crippen LogP contribution in [0.3, 0.4) is 0 Å². The minimum Gasteiger partial charge on any atom is -0.310 e. The van der Waals surface area contributed by atoms with Crippen LogP contribution in [0.25, 0.3) is 82.1 Å². The van der Waals surface area contributed by atoms with E-state index in [4.69, 9.17) is 0 Å². The van der Waals surface area contributed by atoms with E-state index in [2.05, 4.69) is 228 Å². The van der Waals surface area contributed by atoms with Gasteiger partial charge in [0.15, 0.2) is 0 Å². The normalized spacial score (nSPS) is 11.6. The molecule has 0 fully saturated rings. The zero-order chi connectivity index (χ0) is 37.0. The number of benzene rings is 10. The van der Waals surface area contributed by atoms with Crippen molar-refractivity contribution < 1.29 is 0 Å². The molecule has 1 aromatic heterocycles. The van der Waals surface area contributed by atoms with E-state index in [0.29, 0.717) is 0 Å². The standard InChI is InChI=1S/C54H36N2/c1-2-11-37(12-3-1)40-23-27-45(28-24-40)55(48-29-25-39-14-5-7-17-43(39)36-48)46-30-32-47(33-31-46)56-51-20-10-19-50(44-22-21-38-13-4-6-16-42(38)35-44)54(51)53-49-18-9-8-15-41(49)26-34-52(53)56/h1-36H. The SMILES string of the molecule is c1ccc(-c2ccc(N(c3ccc(-n4c5cccc(-c6ccc7ccccc7c6)c5c5c6ccccc6ccc54)cc3)c3ccc4ccccc4c3)cc2)cc1. The Morgan fingerprint density at radius 3 is 1.59 bits per heavy atom. The molecule has 0 saturated heterocycles. The van der Waals surface area contributed by atoms with Gasteiger partial charge in [0.25, 0.3) is 0 Å². The van der Waals surface area contributed by atoms with E-state index in [9.17, 15) is 0 Å². The van der Waals surface area contributed by atoms with E-state index in [-0.39, 0.29) is 0 Å². The summed E-state index contributed by atoms with van der Waals surface area (Å²) in [4.78, 5) is 2.36. The monoisotopic (exact) mass is 712 g/mol. The number of nitrogens with zero attached hydrogens (tertiary/aromatic N) is 2. The summed E-state index contributed by atoms with van der Waals surface area (Å²) in [6.45, 7) is 0. The molecule has 56 heavy (non-hydrogen) atoms. The van der Waals surface area contributed by atoms with Crippen LogP contribution in [0, 0.1) is 0 Å². The molecule has 0 amide bonds. The van der Waals surface area contributed by atoms with Crippen molar-refractivity contribution in [2.24, 2.45) is 0 Å². The first kappa shape index (κ1) is 32.0. The highest BCUT2D eigenvalue weighted by Gasteiger charge is 2.20. The van der Waals surface area contributed by atoms with Crippen LogP contribution >= 0.6 is 0 Å². The van der Waals surface area contributed by atoms with E-state index in [1.807, 2.05) is 0 Å². The average molecular weight is 713 g/mol. The zero-order valence-corrected chi connectivity index (χ0v) is 30.7. The van der Waals surface area contributed by atoms with Crippen molar-refractivity contribution in [3.8, 4) is 27.9 Å². The average Bonchev–Trinajstić information content (AvgIpc) is 3.62. The van der Waals surface area contributed by atoms with Crippen molar-refractivity contribution >= 4 is 71.2 Å². The molecule has 0 bridgehead atoms. The van der Waals surface area contributed by atoms with Crippen molar-refractivity contribution in [3.63, 3.8) is 0 Å². The molecule has 1 heterocycles. The third-order valence-corrected chi connectivity index (χ3v) is 11.3. The molecule has 0 radical (unpaired) electrons. The van der Waals surface area contributed by atoms with Crippen LogP contribution < -0.4 is 4.90 Å². The van der Waals surface area contributed by atoms with Crippen LogP contribution in [0.5, 0.6) is 0 Å². The number of anilines is 3. The number of aromatic nitrogens is 1. The highest BCUT2D eigenvalue weighted by Crippen LogP contribution is 2.43. The second-order valence-corrected chi connectivity index (χ2v) is 14.6. The molecule has 0 spiro atoms. The first-order chi connectivity index (χ1) is 27.8. The highest BCUT2D eigenvalue weighted by molar-refractivity contribution is 6.25. The van der Waals surface area contributed by atoms with Gasteiger partial charge in [0.2, 0.25) is 0 Å². The highest BCUT2D eigenvalue weighted by atomic mass is 15.1. The molecular formula is C54H36N2. The summed E-state index contributed by atoms with van der Waals surface area (Å²) in [5.41, 5.74) is 11.7. The molecule has 0 aliphatic carbocycles. The summed E-state index contributed by atoms with van der Waals surface area (Å²) in [5.74, 6) is 0. The van der Waals surface area contributed by atoms with E-state index in [0.717, 1.165) is 22.7 Å². The predicted octanol–water partition coefficient (Wildman–Crippen LogP) is 15.0. The largest absolute Gasteiger partial charge is 0.310 e. The number of rotatable bonds is 6. The molecule has 0 saturated carbocycles. The number of fused-ring (bicyclic) bond motifs is 7. The zero-order valence-electron chi connectivity index (χ0n) is 30.7. The Hall–Kier alpha value is -7.42. The smallest absolute Gasteiger partial charge is 0.0547 e. The Kier molecular flexibility index (Phi) is 7.53. The molecular weight excluding hydrogens is 677 g/mol. The van der Waals surface area contributed by atoms with Gasteiger partial charge in [0.1, 0.15) is 0 Å². The van der Waals surface area contributed by atoms with Crippen LogP contribution in [0.1, 0.15) is 0 Å². The summed E-state index contributed by atoms with van der Waals surface area (Å²) in [6.07, 6.45) is 0. The van der Waals surface area contributed by atoms with Crippen molar-refractivity contribution in [1.82, 2.24) is 4.57 Å². The molecule has 2 nitrogen and oxygen atoms in total. The molecule has 0 aliphatic rings. The molecule has 0 aliphatic heterocycles. The fraction of sp³-hybridized carbons (Fsp3) is 0. The Morgan fingerprint density at radius 2 is 0.839 bits per heavy atom. The molecule has 262 valence electrons.